The minimum atomic E-state index is -0.294. The second kappa shape index (κ2) is 5.93. The lowest BCUT2D eigenvalue weighted by Gasteiger charge is -2.02. The van der Waals surface area contributed by atoms with Gasteiger partial charge < -0.3 is 9.73 Å². The van der Waals surface area contributed by atoms with Gasteiger partial charge in [0.2, 0.25) is 0 Å². The van der Waals surface area contributed by atoms with Crippen molar-refractivity contribution in [2.45, 2.75) is 6.54 Å². The number of hydrogen-bond acceptors (Lipinski definition) is 4. The Labute approximate surface area is 140 Å². The standard InChI is InChI=1S/C17H12FN3O2S/c18-12-5-3-11(4-6-12)14-9-21-15(10-24-17(21)20-14)16(22)19-8-13-2-1-7-23-13/h1-7,9-10H,8H2,(H,19,22). The fourth-order valence-electron chi connectivity index (χ4n) is 2.38. The molecule has 0 aliphatic heterocycles. The van der Waals surface area contributed by atoms with E-state index in [-0.39, 0.29) is 11.7 Å². The Morgan fingerprint density at radius 2 is 2.12 bits per heavy atom. The summed E-state index contributed by atoms with van der Waals surface area (Å²) in [5.74, 6) is 0.186. The first-order chi connectivity index (χ1) is 11.7. The molecular formula is C17H12FN3O2S. The van der Waals surface area contributed by atoms with Gasteiger partial charge in [-0.1, -0.05) is 0 Å². The number of furan rings is 1. The maximum absolute atomic E-state index is 13.0. The summed E-state index contributed by atoms with van der Waals surface area (Å²) in [5.41, 5.74) is 2.00. The molecule has 1 N–H and O–H groups in total. The van der Waals surface area contributed by atoms with Gasteiger partial charge in [-0.05, 0) is 36.4 Å². The van der Waals surface area contributed by atoms with E-state index in [0.29, 0.717) is 28.7 Å². The largest absolute Gasteiger partial charge is 0.467 e. The molecule has 120 valence electrons. The zero-order valence-electron chi connectivity index (χ0n) is 12.4. The number of nitrogens with one attached hydrogen (secondary N) is 1. The number of carbonyl (C=O) groups excluding carboxylic acids is 1. The van der Waals surface area contributed by atoms with Crippen LogP contribution in [0.3, 0.4) is 0 Å². The minimum Gasteiger partial charge on any atom is -0.467 e. The molecule has 24 heavy (non-hydrogen) atoms. The summed E-state index contributed by atoms with van der Waals surface area (Å²) in [6, 6.07) is 9.68. The number of fused-ring (bicyclic) bond motifs is 1. The van der Waals surface area contributed by atoms with E-state index in [1.54, 1.807) is 46.5 Å². The van der Waals surface area contributed by atoms with Gasteiger partial charge >= 0.3 is 0 Å². The highest BCUT2D eigenvalue weighted by molar-refractivity contribution is 7.15. The van der Waals surface area contributed by atoms with Gasteiger partial charge in [0.25, 0.3) is 5.91 Å². The van der Waals surface area contributed by atoms with E-state index >= 15 is 0 Å². The van der Waals surface area contributed by atoms with Crippen LogP contribution in [0.25, 0.3) is 16.2 Å². The molecule has 0 atom stereocenters. The lowest BCUT2D eigenvalue weighted by atomic mass is 10.2. The number of carbonyl (C=O) groups is 1. The van der Waals surface area contributed by atoms with Crippen LogP contribution in [0.4, 0.5) is 4.39 Å². The summed E-state index contributed by atoms with van der Waals surface area (Å²) in [6.45, 7) is 0.322. The molecule has 0 saturated carbocycles. The molecule has 0 radical (unpaired) electrons. The Hall–Kier alpha value is -2.93. The number of benzene rings is 1. The number of amides is 1. The van der Waals surface area contributed by atoms with Crippen molar-refractivity contribution in [3.05, 3.63) is 71.5 Å². The van der Waals surface area contributed by atoms with Crippen LogP contribution in [0.15, 0.2) is 58.7 Å². The lowest BCUT2D eigenvalue weighted by Crippen LogP contribution is -2.23. The number of nitrogens with zero attached hydrogens (tertiary/aromatic N) is 2. The van der Waals surface area contributed by atoms with Gasteiger partial charge in [-0.25, -0.2) is 9.37 Å². The molecule has 3 heterocycles. The van der Waals surface area contributed by atoms with E-state index < -0.39 is 0 Å². The highest BCUT2D eigenvalue weighted by atomic mass is 32.1. The molecule has 5 nitrogen and oxygen atoms in total. The molecule has 1 aromatic carbocycles. The Balaban J connectivity index is 1.60. The summed E-state index contributed by atoms with van der Waals surface area (Å²) < 4.78 is 20.0. The van der Waals surface area contributed by atoms with Crippen LogP contribution in [0.5, 0.6) is 0 Å². The Bertz CT molecular complexity index is 987. The fourth-order valence-corrected chi connectivity index (χ4v) is 3.23. The van der Waals surface area contributed by atoms with Crippen LogP contribution in [0, 0.1) is 5.82 Å². The third-order valence-electron chi connectivity index (χ3n) is 3.58. The summed E-state index contributed by atoms with van der Waals surface area (Å²) in [6.07, 6.45) is 3.34. The molecule has 0 bridgehead atoms. The first-order valence-corrected chi connectivity index (χ1v) is 8.12. The van der Waals surface area contributed by atoms with Gasteiger partial charge in [-0.2, -0.15) is 0 Å². The first kappa shape index (κ1) is 14.6. The van der Waals surface area contributed by atoms with Gasteiger partial charge in [-0.15, -0.1) is 11.3 Å². The Morgan fingerprint density at radius 1 is 1.29 bits per heavy atom. The molecule has 7 heteroatoms. The summed E-state index contributed by atoms with van der Waals surface area (Å²) in [7, 11) is 0. The van der Waals surface area contributed by atoms with Crippen LogP contribution < -0.4 is 5.32 Å². The van der Waals surface area contributed by atoms with E-state index in [4.69, 9.17) is 4.42 Å². The van der Waals surface area contributed by atoms with Crippen molar-refractivity contribution < 1.29 is 13.6 Å². The van der Waals surface area contributed by atoms with Crippen molar-refractivity contribution in [1.82, 2.24) is 14.7 Å². The zero-order valence-corrected chi connectivity index (χ0v) is 13.2. The number of aromatic nitrogens is 2. The Morgan fingerprint density at radius 3 is 2.88 bits per heavy atom. The normalized spacial score (nSPS) is 11.0. The van der Waals surface area contributed by atoms with Crippen molar-refractivity contribution in [3.63, 3.8) is 0 Å². The van der Waals surface area contributed by atoms with Crippen LogP contribution >= 0.6 is 11.3 Å². The number of thiazole rings is 1. The van der Waals surface area contributed by atoms with E-state index in [1.165, 1.54) is 23.5 Å². The predicted octanol–water partition coefficient (Wildman–Crippen LogP) is 3.72. The quantitative estimate of drug-likeness (QED) is 0.615. The predicted molar refractivity (Wildman–Crippen MR) is 88.3 cm³/mol. The number of rotatable bonds is 4. The summed E-state index contributed by atoms with van der Waals surface area (Å²) in [4.78, 5) is 17.6. The second-order valence-corrected chi connectivity index (χ2v) is 6.01. The monoisotopic (exact) mass is 341 g/mol. The first-order valence-electron chi connectivity index (χ1n) is 7.24. The van der Waals surface area contributed by atoms with Crippen molar-refractivity contribution in [3.8, 4) is 11.3 Å². The molecule has 1 amide bonds. The molecule has 4 aromatic rings. The third kappa shape index (κ3) is 2.69. The number of hydrogen-bond donors (Lipinski definition) is 1. The second-order valence-electron chi connectivity index (χ2n) is 5.17. The van der Waals surface area contributed by atoms with E-state index in [1.807, 2.05) is 0 Å². The molecule has 4 rings (SSSR count). The maximum atomic E-state index is 13.0. The smallest absolute Gasteiger partial charge is 0.269 e. The lowest BCUT2D eigenvalue weighted by molar-refractivity contribution is 0.0942. The SMILES string of the molecule is O=C(NCc1ccco1)c1csc2nc(-c3ccc(F)cc3)cn12. The summed E-state index contributed by atoms with van der Waals surface area (Å²) >= 11 is 1.38. The van der Waals surface area contributed by atoms with Gasteiger partial charge in [0.1, 0.15) is 17.3 Å². The maximum Gasteiger partial charge on any atom is 0.269 e. The Kier molecular flexibility index (Phi) is 3.62. The molecular weight excluding hydrogens is 329 g/mol. The van der Waals surface area contributed by atoms with E-state index in [2.05, 4.69) is 10.3 Å². The third-order valence-corrected chi connectivity index (χ3v) is 4.42. The summed E-state index contributed by atoms with van der Waals surface area (Å²) in [5, 5.41) is 4.57. The number of halogens is 1. The topological polar surface area (TPSA) is 59.5 Å². The highest BCUT2D eigenvalue weighted by Crippen LogP contribution is 2.24. The van der Waals surface area contributed by atoms with Crippen LogP contribution in [0.2, 0.25) is 0 Å². The van der Waals surface area contributed by atoms with Gasteiger partial charge in [0.05, 0.1) is 18.5 Å². The van der Waals surface area contributed by atoms with Crippen LogP contribution in [-0.2, 0) is 6.54 Å². The molecule has 0 spiro atoms. The molecule has 3 aromatic heterocycles. The molecule has 0 saturated heterocycles. The fraction of sp³-hybridized carbons (Fsp3) is 0.0588. The average Bonchev–Trinajstić information content (AvgIpc) is 3.30. The average molecular weight is 341 g/mol. The van der Waals surface area contributed by atoms with E-state index in [0.717, 1.165) is 5.56 Å². The molecule has 0 unspecified atom stereocenters. The molecule has 0 aliphatic rings. The molecule has 0 aliphatic carbocycles. The van der Waals surface area contributed by atoms with Gasteiger partial charge in [-0.3, -0.25) is 9.20 Å². The van der Waals surface area contributed by atoms with Crippen molar-refractivity contribution in [1.29, 1.82) is 0 Å². The van der Waals surface area contributed by atoms with Crippen LogP contribution in [0.1, 0.15) is 16.2 Å². The highest BCUT2D eigenvalue weighted by Gasteiger charge is 2.15. The van der Waals surface area contributed by atoms with Crippen molar-refractivity contribution >= 4 is 22.2 Å². The van der Waals surface area contributed by atoms with E-state index in [9.17, 15) is 9.18 Å². The van der Waals surface area contributed by atoms with Crippen molar-refractivity contribution in [2.75, 3.05) is 0 Å². The van der Waals surface area contributed by atoms with Gasteiger partial charge in [0.15, 0.2) is 4.96 Å². The van der Waals surface area contributed by atoms with Gasteiger partial charge in [0, 0.05) is 17.1 Å². The number of imidazole rings is 1. The molecule has 0 fully saturated rings. The minimum absolute atomic E-state index is 0.208. The van der Waals surface area contributed by atoms with Crippen LogP contribution in [-0.4, -0.2) is 15.3 Å². The van der Waals surface area contributed by atoms with Crippen molar-refractivity contribution in [2.24, 2.45) is 0 Å². The zero-order chi connectivity index (χ0) is 16.5.